The van der Waals surface area contributed by atoms with Crippen LogP contribution in [-0.2, 0) is 28.3 Å². The number of methoxy groups -OCH3 is 1. The number of hydrogen-bond donors (Lipinski definition) is 0. The van der Waals surface area contributed by atoms with Crippen LogP contribution >= 0.6 is 0 Å². The number of hydrogen-bond acceptors (Lipinski definition) is 6. The molecule has 1 unspecified atom stereocenters. The Bertz CT molecular complexity index is 947. The van der Waals surface area contributed by atoms with Crippen LogP contribution in [0.2, 0.25) is 19.6 Å². The summed E-state index contributed by atoms with van der Waals surface area (Å²) in [6, 6.07) is 6.64. The fourth-order valence-corrected chi connectivity index (χ4v) is 7.54. The first-order valence-electron chi connectivity index (χ1n) is 10.3. The molecule has 1 fully saturated rings. The molecule has 1 aromatic carbocycles. The summed E-state index contributed by atoms with van der Waals surface area (Å²) in [5, 5.41) is 0. The predicted octanol–water partition coefficient (Wildman–Crippen LogP) is 4.35. The van der Waals surface area contributed by atoms with Crippen LogP contribution in [0, 0.1) is 12.3 Å². The Morgan fingerprint density at radius 1 is 1.13 bits per heavy atom. The van der Waals surface area contributed by atoms with E-state index in [0.717, 1.165) is 5.56 Å². The Kier molecular flexibility index (Phi) is 6.10. The van der Waals surface area contributed by atoms with Crippen molar-refractivity contribution in [2.45, 2.75) is 75.8 Å². The lowest BCUT2D eigenvalue weighted by Gasteiger charge is -2.51. The van der Waals surface area contributed by atoms with Gasteiger partial charge in [0.05, 0.1) is 29.3 Å². The highest BCUT2D eigenvalue weighted by Crippen LogP contribution is 2.60. The molecule has 0 spiro atoms. The molecule has 0 N–H and O–H groups in total. The van der Waals surface area contributed by atoms with Crippen molar-refractivity contribution in [1.29, 1.82) is 0 Å². The van der Waals surface area contributed by atoms with Gasteiger partial charge in [-0.05, 0) is 64.4 Å². The molecule has 30 heavy (non-hydrogen) atoms. The molecule has 0 aromatic heterocycles. The van der Waals surface area contributed by atoms with Crippen molar-refractivity contribution in [3.8, 4) is 0 Å². The average Bonchev–Trinajstić information content (AvgIpc) is 2.91. The van der Waals surface area contributed by atoms with E-state index >= 15 is 0 Å². The van der Waals surface area contributed by atoms with Crippen LogP contribution in [-0.4, -0.2) is 41.5 Å². The lowest BCUT2D eigenvalue weighted by atomic mass is 9.65. The molecule has 0 aliphatic heterocycles. The summed E-state index contributed by atoms with van der Waals surface area (Å²) in [7, 11) is -4.68. The number of carbonyl (C=O) groups is 1. The summed E-state index contributed by atoms with van der Waals surface area (Å²) in [5.41, 5.74) is -0.0935. The molecular weight excluding hydrogens is 420 g/mol. The summed E-state index contributed by atoms with van der Waals surface area (Å²) >= 11 is 0. The quantitative estimate of drug-likeness (QED) is 0.363. The summed E-state index contributed by atoms with van der Waals surface area (Å²) in [4.78, 5) is 12.8. The first-order valence-corrected chi connectivity index (χ1v) is 15.2. The van der Waals surface area contributed by atoms with Crippen LogP contribution in [0.3, 0.4) is 0 Å². The highest BCUT2D eigenvalue weighted by molar-refractivity contribution is 7.86. The van der Waals surface area contributed by atoms with E-state index < -0.39 is 41.5 Å². The van der Waals surface area contributed by atoms with Crippen LogP contribution < -0.4 is 0 Å². The van der Waals surface area contributed by atoms with Crippen molar-refractivity contribution < 1.29 is 26.6 Å². The van der Waals surface area contributed by atoms with Gasteiger partial charge in [-0.3, -0.25) is 4.18 Å². The third-order valence-corrected chi connectivity index (χ3v) is 8.57. The molecule has 0 heterocycles. The number of esters is 1. The summed E-state index contributed by atoms with van der Waals surface area (Å²) < 4.78 is 43.6. The normalized spacial score (nSPS) is 29.3. The van der Waals surface area contributed by atoms with Gasteiger partial charge in [-0.15, -0.1) is 0 Å². The molecule has 3 rings (SSSR count). The van der Waals surface area contributed by atoms with Crippen molar-refractivity contribution in [3.05, 3.63) is 41.5 Å². The van der Waals surface area contributed by atoms with E-state index in [1.165, 1.54) is 7.11 Å². The first kappa shape index (κ1) is 23.2. The number of rotatable bonds is 6. The predicted molar refractivity (Wildman–Crippen MR) is 117 cm³/mol. The second-order valence-corrected chi connectivity index (χ2v) is 15.5. The van der Waals surface area contributed by atoms with Crippen molar-refractivity contribution in [1.82, 2.24) is 0 Å². The molecule has 0 saturated heterocycles. The maximum absolute atomic E-state index is 13.0. The number of benzene rings is 1. The zero-order valence-corrected chi connectivity index (χ0v) is 20.5. The molecule has 166 valence electrons. The van der Waals surface area contributed by atoms with Crippen LogP contribution in [0.4, 0.5) is 0 Å². The Hall–Kier alpha value is -1.48. The Balaban J connectivity index is 2.01. The molecule has 6 nitrogen and oxygen atoms in total. The number of aryl methyl sites for hydroxylation is 1. The highest BCUT2D eigenvalue weighted by Gasteiger charge is 2.64. The van der Waals surface area contributed by atoms with E-state index in [-0.39, 0.29) is 4.90 Å². The zero-order valence-electron chi connectivity index (χ0n) is 18.7. The molecule has 1 saturated carbocycles. The van der Waals surface area contributed by atoms with Gasteiger partial charge in [0.1, 0.15) is 0 Å². The van der Waals surface area contributed by atoms with Crippen molar-refractivity contribution in [3.63, 3.8) is 0 Å². The minimum Gasteiger partial charge on any atom is -0.466 e. The van der Waals surface area contributed by atoms with Gasteiger partial charge in [0.15, 0.2) is 8.32 Å². The molecule has 0 amide bonds. The van der Waals surface area contributed by atoms with E-state index in [1.807, 2.05) is 19.9 Å². The zero-order chi connectivity index (χ0) is 22.4. The Morgan fingerprint density at radius 2 is 1.77 bits per heavy atom. The fourth-order valence-electron chi connectivity index (χ4n) is 4.86. The maximum atomic E-state index is 13.0. The van der Waals surface area contributed by atoms with Crippen molar-refractivity contribution >= 4 is 24.4 Å². The standard InChI is InChI=1S/C22H32O6SSi/c1-16-9-11-17(12-10-16)29(24,25)27-19-13-15-22(28-30(4,5)6)18(20(23)26-3)8-7-14-21(19,22)2/h8-12,19H,7,13-15H2,1-6H3/t19?,21-,22+/m1/s1. The topological polar surface area (TPSA) is 78.9 Å². The van der Waals surface area contributed by atoms with Crippen LogP contribution in [0.25, 0.3) is 0 Å². The third kappa shape index (κ3) is 4.02. The van der Waals surface area contributed by atoms with Crippen LogP contribution in [0.1, 0.15) is 38.2 Å². The molecule has 0 bridgehead atoms. The molecule has 2 aliphatic carbocycles. The van der Waals surface area contributed by atoms with E-state index in [1.54, 1.807) is 24.3 Å². The van der Waals surface area contributed by atoms with Gasteiger partial charge in [0, 0.05) is 5.41 Å². The smallest absolute Gasteiger partial charge is 0.336 e. The van der Waals surface area contributed by atoms with Gasteiger partial charge in [-0.25, -0.2) is 4.79 Å². The van der Waals surface area contributed by atoms with Gasteiger partial charge in [0.25, 0.3) is 10.1 Å². The minimum atomic E-state index is -3.94. The Labute approximate surface area is 180 Å². The summed E-state index contributed by atoms with van der Waals surface area (Å²) in [5.74, 6) is -0.416. The lowest BCUT2D eigenvalue weighted by Crippen LogP contribution is -2.58. The second-order valence-electron chi connectivity index (χ2n) is 9.50. The van der Waals surface area contributed by atoms with Crippen molar-refractivity contribution in [2.75, 3.05) is 7.11 Å². The number of allylic oxidation sites excluding steroid dienone is 1. The molecule has 0 radical (unpaired) electrons. The van der Waals surface area contributed by atoms with Gasteiger partial charge in [0.2, 0.25) is 0 Å². The molecule has 8 heteroatoms. The maximum Gasteiger partial charge on any atom is 0.336 e. The largest absolute Gasteiger partial charge is 0.466 e. The highest BCUT2D eigenvalue weighted by atomic mass is 32.2. The molecule has 1 aromatic rings. The van der Waals surface area contributed by atoms with Gasteiger partial charge >= 0.3 is 5.97 Å². The monoisotopic (exact) mass is 452 g/mol. The van der Waals surface area contributed by atoms with Crippen molar-refractivity contribution in [2.24, 2.45) is 5.41 Å². The van der Waals surface area contributed by atoms with Crippen LogP contribution in [0.5, 0.6) is 0 Å². The van der Waals surface area contributed by atoms with Gasteiger partial charge in [-0.2, -0.15) is 8.42 Å². The lowest BCUT2D eigenvalue weighted by molar-refractivity contribution is -0.142. The average molecular weight is 453 g/mol. The SMILES string of the molecule is COC(=O)C1=CCC[C@]2(C)C(OS(=O)(=O)c3ccc(C)cc3)CC[C@]12O[Si](C)(C)C. The first-order chi connectivity index (χ1) is 13.8. The second kappa shape index (κ2) is 7.89. The number of fused-ring (bicyclic) bond motifs is 1. The summed E-state index contributed by atoms with van der Waals surface area (Å²) in [6.45, 7) is 10.1. The molecule has 2 aliphatic rings. The number of ether oxygens (including phenoxy) is 1. The van der Waals surface area contributed by atoms with Crippen LogP contribution in [0.15, 0.2) is 40.8 Å². The van der Waals surface area contributed by atoms with E-state index in [0.29, 0.717) is 31.3 Å². The summed E-state index contributed by atoms with van der Waals surface area (Å²) in [6.07, 6.45) is 3.62. The number of carbonyl (C=O) groups excluding carboxylic acids is 1. The molecule has 3 atom stereocenters. The third-order valence-electron chi connectivity index (χ3n) is 6.28. The van der Waals surface area contributed by atoms with E-state index in [2.05, 4.69) is 19.6 Å². The van der Waals surface area contributed by atoms with Gasteiger partial charge in [-0.1, -0.05) is 30.7 Å². The van der Waals surface area contributed by atoms with E-state index in [4.69, 9.17) is 13.3 Å². The Morgan fingerprint density at radius 3 is 2.33 bits per heavy atom. The minimum absolute atomic E-state index is 0.139. The fraction of sp³-hybridized carbons (Fsp3) is 0.591. The van der Waals surface area contributed by atoms with E-state index in [9.17, 15) is 13.2 Å². The molecular formula is C22H32O6SSi. The van der Waals surface area contributed by atoms with Gasteiger partial charge < -0.3 is 9.16 Å².